The van der Waals surface area contributed by atoms with Crippen molar-refractivity contribution in [3.05, 3.63) is 36.6 Å². The zero-order chi connectivity index (χ0) is 16.2. The van der Waals surface area contributed by atoms with Gasteiger partial charge in [0.05, 0.1) is 6.61 Å². The van der Waals surface area contributed by atoms with Gasteiger partial charge in [0.15, 0.2) is 5.82 Å². The monoisotopic (exact) mass is 315 g/mol. The van der Waals surface area contributed by atoms with Gasteiger partial charge in [-0.1, -0.05) is 0 Å². The Kier molecular flexibility index (Phi) is 4.52. The van der Waals surface area contributed by atoms with Crippen molar-refractivity contribution in [2.75, 3.05) is 13.7 Å². The van der Waals surface area contributed by atoms with Crippen LogP contribution in [0.25, 0.3) is 11.5 Å². The molecule has 0 aromatic carbocycles. The lowest BCUT2D eigenvalue weighted by atomic mass is 10.3. The molecule has 0 radical (unpaired) electrons. The molecule has 0 aliphatic carbocycles. The predicted molar refractivity (Wildman–Crippen MR) is 84.8 cm³/mol. The SMILES string of the molecule is COCCn1cnnc1CCn1ccnc1-c1cn(C)c(C)n1. The van der Waals surface area contributed by atoms with E-state index in [1.807, 2.05) is 35.5 Å². The molecule has 3 aromatic rings. The van der Waals surface area contributed by atoms with Gasteiger partial charge >= 0.3 is 0 Å². The zero-order valence-corrected chi connectivity index (χ0v) is 13.7. The first-order chi connectivity index (χ1) is 11.2. The van der Waals surface area contributed by atoms with Gasteiger partial charge in [-0.05, 0) is 6.92 Å². The number of aromatic nitrogens is 7. The summed E-state index contributed by atoms with van der Waals surface area (Å²) in [5.74, 6) is 2.78. The maximum absolute atomic E-state index is 5.11. The number of nitrogens with zero attached hydrogens (tertiary/aromatic N) is 7. The minimum atomic E-state index is 0.647. The van der Waals surface area contributed by atoms with E-state index in [1.165, 1.54) is 0 Å². The number of methoxy groups -OCH3 is 1. The number of hydrogen-bond acceptors (Lipinski definition) is 5. The Morgan fingerprint density at radius 3 is 2.83 bits per heavy atom. The van der Waals surface area contributed by atoms with Crippen LogP contribution in [0.2, 0.25) is 0 Å². The van der Waals surface area contributed by atoms with Crippen molar-refractivity contribution < 1.29 is 4.74 Å². The van der Waals surface area contributed by atoms with Crippen LogP contribution in [-0.2, 0) is 31.3 Å². The maximum Gasteiger partial charge on any atom is 0.160 e. The van der Waals surface area contributed by atoms with Crippen molar-refractivity contribution in [3.8, 4) is 11.5 Å². The summed E-state index contributed by atoms with van der Waals surface area (Å²) in [4.78, 5) is 8.98. The Balaban J connectivity index is 1.72. The molecular weight excluding hydrogens is 294 g/mol. The third-order valence-electron chi connectivity index (χ3n) is 3.86. The van der Waals surface area contributed by atoms with Crippen LogP contribution in [-0.4, -0.2) is 47.6 Å². The predicted octanol–water partition coefficient (Wildman–Crippen LogP) is 1.07. The fraction of sp³-hybridized carbons (Fsp3) is 0.467. The van der Waals surface area contributed by atoms with Crippen molar-refractivity contribution >= 4 is 0 Å². The van der Waals surface area contributed by atoms with E-state index in [2.05, 4.69) is 24.7 Å². The second-order valence-corrected chi connectivity index (χ2v) is 5.41. The van der Waals surface area contributed by atoms with Crippen LogP contribution in [0.1, 0.15) is 11.6 Å². The first-order valence-electron chi connectivity index (χ1n) is 7.56. The van der Waals surface area contributed by atoms with E-state index in [-0.39, 0.29) is 0 Å². The van der Waals surface area contributed by atoms with Gasteiger partial charge in [0.25, 0.3) is 0 Å². The van der Waals surface area contributed by atoms with Gasteiger partial charge in [0.1, 0.15) is 23.7 Å². The average molecular weight is 315 g/mol. The molecule has 0 spiro atoms. The van der Waals surface area contributed by atoms with Crippen molar-refractivity contribution in [2.24, 2.45) is 7.05 Å². The normalized spacial score (nSPS) is 11.3. The summed E-state index contributed by atoms with van der Waals surface area (Å²) in [6.45, 7) is 4.16. The average Bonchev–Trinajstić information content (AvgIpc) is 3.24. The number of aryl methyl sites for hydroxylation is 4. The molecule has 0 saturated heterocycles. The maximum atomic E-state index is 5.11. The lowest BCUT2D eigenvalue weighted by molar-refractivity contribution is 0.186. The molecule has 0 N–H and O–H groups in total. The Hall–Kier alpha value is -2.48. The summed E-state index contributed by atoms with van der Waals surface area (Å²) >= 11 is 0. The van der Waals surface area contributed by atoms with Crippen molar-refractivity contribution in [1.82, 2.24) is 33.9 Å². The first kappa shape index (κ1) is 15.4. The van der Waals surface area contributed by atoms with E-state index >= 15 is 0 Å². The quantitative estimate of drug-likeness (QED) is 0.652. The van der Waals surface area contributed by atoms with Gasteiger partial charge in [-0.25, -0.2) is 9.97 Å². The Morgan fingerprint density at radius 1 is 1.22 bits per heavy atom. The van der Waals surface area contributed by atoms with Gasteiger partial charge in [-0.3, -0.25) is 0 Å². The molecule has 0 unspecified atom stereocenters. The molecule has 122 valence electrons. The van der Waals surface area contributed by atoms with Crippen LogP contribution < -0.4 is 0 Å². The van der Waals surface area contributed by atoms with Crippen LogP contribution in [0, 0.1) is 6.92 Å². The fourth-order valence-electron chi connectivity index (χ4n) is 2.46. The van der Waals surface area contributed by atoms with Gasteiger partial charge in [-0.2, -0.15) is 0 Å². The van der Waals surface area contributed by atoms with E-state index in [9.17, 15) is 0 Å². The third-order valence-corrected chi connectivity index (χ3v) is 3.86. The van der Waals surface area contributed by atoms with Crippen LogP contribution in [0.5, 0.6) is 0 Å². The highest BCUT2D eigenvalue weighted by Gasteiger charge is 2.12. The molecule has 0 atom stereocenters. The molecule has 8 heteroatoms. The van der Waals surface area contributed by atoms with Gasteiger partial charge in [0, 0.05) is 52.3 Å². The van der Waals surface area contributed by atoms with Gasteiger partial charge in [0.2, 0.25) is 0 Å². The van der Waals surface area contributed by atoms with Crippen LogP contribution in [0.15, 0.2) is 24.9 Å². The molecule has 0 amide bonds. The van der Waals surface area contributed by atoms with Gasteiger partial charge in [-0.15, -0.1) is 10.2 Å². The Morgan fingerprint density at radius 2 is 2.09 bits per heavy atom. The Bertz CT molecular complexity index is 751. The summed E-state index contributed by atoms with van der Waals surface area (Å²) in [7, 11) is 3.67. The topological polar surface area (TPSA) is 75.6 Å². The molecule has 23 heavy (non-hydrogen) atoms. The molecule has 0 fully saturated rings. The van der Waals surface area contributed by atoms with E-state index in [1.54, 1.807) is 19.6 Å². The second-order valence-electron chi connectivity index (χ2n) is 5.41. The van der Waals surface area contributed by atoms with Crippen molar-refractivity contribution in [1.29, 1.82) is 0 Å². The number of hydrogen-bond donors (Lipinski definition) is 0. The van der Waals surface area contributed by atoms with Gasteiger partial charge < -0.3 is 18.4 Å². The number of imidazole rings is 2. The van der Waals surface area contributed by atoms with Crippen LogP contribution in [0.4, 0.5) is 0 Å². The minimum absolute atomic E-state index is 0.647. The zero-order valence-electron chi connectivity index (χ0n) is 13.7. The standard InChI is InChI=1S/C15H21N7O/c1-12-18-13(10-20(12)2)15-16-5-7-21(15)6-4-14-19-17-11-22(14)8-9-23-3/h5,7,10-11H,4,6,8-9H2,1-3H3. The third kappa shape index (κ3) is 3.31. The van der Waals surface area contributed by atoms with E-state index in [0.29, 0.717) is 6.61 Å². The largest absolute Gasteiger partial charge is 0.383 e. The van der Waals surface area contributed by atoms with E-state index < -0.39 is 0 Å². The summed E-state index contributed by atoms with van der Waals surface area (Å²) < 4.78 is 11.2. The van der Waals surface area contributed by atoms with Crippen LogP contribution in [0.3, 0.4) is 0 Å². The summed E-state index contributed by atoms with van der Waals surface area (Å²) in [6, 6.07) is 0. The highest BCUT2D eigenvalue weighted by atomic mass is 16.5. The van der Waals surface area contributed by atoms with E-state index in [4.69, 9.17) is 4.74 Å². The second kappa shape index (κ2) is 6.74. The Labute approximate surface area is 134 Å². The lowest BCUT2D eigenvalue weighted by Crippen LogP contribution is -2.11. The molecular formula is C15H21N7O. The fourth-order valence-corrected chi connectivity index (χ4v) is 2.46. The van der Waals surface area contributed by atoms with Crippen molar-refractivity contribution in [3.63, 3.8) is 0 Å². The van der Waals surface area contributed by atoms with Crippen molar-refractivity contribution in [2.45, 2.75) is 26.4 Å². The molecule has 3 aromatic heterocycles. The lowest BCUT2D eigenvalue weighted by Gasteiger charge is -2.08. The highest BCUT2D eigenvalue weighted by Crippen LogP contribution is 2.16. The molecule has 0 saturated carbocycles. The minimum Gasteiger partial charge on any atom is -0.383 e. The molecule has 0 aliphatic rings. The number of rotatable bonds is 7. The van der Waals surface area contributed by atoms with Crippen LogP contribution >= 0.6 is 0 Å². The smallest absolute Gasteiger partial charge is 0.160 e. The van der Waals surface area contributed by atoms with E-state index in [0.717, 1.165) is 42.7 Å². The molecule has 3 rings (SSSR count). The molecule has 0 aliphatic heterocycles. The molecule has 3 heterocycles. The summed E-state index contributed by atoms with van der Waals surface area (Å²) in [6.07, 6.45) is 8.28. The molecule has 8 nitrogen and oxygen atoms in total. The molecule has 0 bridgehead atoms. The number of ether oxygens (including phenoxy) is 1. The summed E-state index contributed by atoms with van der Waals surface area (Å²) in [5, 5.41) is 8.18. The first-order valence-corrected chi connectivity index (χ1v) is 7.56. The summed E-state index contributed by atoms with van der Waals surface area (Å²) in [5.41, 5.74) is 0.885. The highest BCUT2D eigenvalue weighted by molar-refractivity contribution is 5.49.